The maximum Gasteiger partial charge on any atom is 0.0797 e. The quantitative estimate of drug-likeness (QED) is 0.713. The van der Waals surface area contributed by atoms with E-state index in [0.717, 1.165) is 39.1 Å². The number of aromatic nitrogens is 1. The molecule has 0 spiro atoms. The third-order valence-electron chi connectivity index (χ3n) is 4.69. The van der Waals surface area contributed by atoms with Crippen molar-refractivity contribution in [3.8, 4) is 0 Å². The second-order valence-electron chi connectivity index (χ2n) is 6.05. The number of thiophene rings is 1. The second-order valence-corrected chi connectivity index (χ2v) is 7.94. The highest BCUT2D eigenvalue weighted by Crippen LogP contribution is 2.31. The predicted molar refractivity (Wildman–Crippen MR) is 101 cm³/mol. The van der Waals surface area contributed by atoms with Crippen molar-refractivity contribution in [3.63, 3.8) is 0 Å². The van der Waals surface area contributed by atoms with Gasteiger partial charge in [0.25, 0.3) is 0 Å². The Morgan fingerprint density at radius 3 is 2.74 bits per heavy atom. The second kappa shape index (κ2) is 6.59. The fourth-order valence-corrected chi connectivity index (χ4v) is 4.87. The van der Waals surface area contributed by atoms with E-state index in [1.807, 2.05) is 16.8 Å². The Balaban J connectivity index is 1.37. The molecule has 5 heteroatoms. The van der Waals surface area contributed by atoms with Crippen molar-refractivity contribution in [3.05, 3.63) is 45.7 Å². The number of anilines is 1. The van der Waals surface area contributed by atoms with E-state index in [-0.39, 0.29) is 0 Å². The van der Waals surface area contributed by atoms with E-state index >= 15 is 0 Å². The number of fused-ring (bicyclic) bond motifs is 1. The van der Waals surface area contributed by atoms with Gasteiger partial charge in [0.05, 0.1) is 11.2 Å². The average Bonchev–Trinajstić information content (AvgIpc) is 3.22. The minimum absolute atomic E-state index is 1.12. The van der Waals surface area contributed by atoms with E-state index in [1.54, 1.807) is 11.3 Å². The number of rotatable bonds is 4. The van der Waals surface area contributed by atoms with Gasteiger partial charge in [0.1, 0.15) is 0 Å². The molecule has 4 rings (SSSR count). The normalized spacial score (nSPS) is 16.3. The Kier molecular flexibility index (Phi) is 4.33. The summed E-state index contributed by atoms with van der Waals surface area (Å²) in [5.41, 5.74) is 4.57. The molecular weight excluding hydrogens is 322 g/mol. The van der Waals surface area contributed by atoms with Crippen molar-refractivity contribution in [2.45, 2.75) is 13.3 Å². The third-order valence-corrected chi connectivity index (χ3v) is 6.56. The molecule has 1 aliphatic heterocycles. The van der Waals surface area contributed by atoms with Crippen molar-refractivity contribution in [2.24, 2.45) is 0 Å². The number of thiazole rings is 1. The number of hydrogen-bond acceptors (Lipinski definition) is 5. The van der Waals surface area contributed by atoms with Gasteiger partial charge < -0.3 is 4.90 Å². The van der Waals surface area contributed by atoms with Crippen LogP contribution in [0.25, 0.3) is 10.1 Å². The molecule has 3 nitrogen and oxygen atoms in total. The van der Waals surface area contributed by atoms with Gasteiger partial charge in [-0.1, -0.05) is 6.07 Å². The zero-order chi connectivity index (χ0) is 15.6. The minimum Gasteiger partial charge on any atom is -0.368 e. The van der Waals surface area contributed by atoms with Gasteiger partial charge in [-0.15, -0.1) is 22.7 Å². The summed E-state index contributed by atoms with van der Waals surface area (Å²) < 4.78 is 1.39. The van der Waals surface area contributed by atoms with Crippen molar-refractivity contribution in [2.75, 3.05) is 37.6 Å². The molecule has 3 aromatic rings. The number of nitrogens with zero attached hydrogens (tertiary/aromatic N) is 3. The molecule has 0 aliphatic carbocycles. The summed E-state index contributed by atoms with van der Waals surface area (Å²) in [5.74, 6) is 0. The monoisotopic (exact) mass is 343 g/mol. The van der Waals surface area contributed by atoms with Gasteiger partial charge in [0.2, 0.25) is 0 Å². The highest BCUT2D eigenvalue weighted by atomic mass is 32.1. The summed E-state index contributed by atoms with van der Waals surface area (Å²) in [6.45, 7) is 7.81. The van der Waals surface area contributed by atoms with Gasteiger partial charge in [0.15, 0.2) is 0 Å². The summed E-state index contributed by atoms with van der Waals surface area (Å²) in [5, 5.41) is 3.60. The first kappa shape index (κ1) is 15.1. The van der Waals surface area contributed by atoms with Crippen LogP contribution in [0.4, 0.5) is 5.69 Å². The number of piperazine rings is 1. The molecule has 0 amide bonds. The van der Waals surface area contributed by atoms with Crippen LogP contribution >= 0.6 is 22.7 Å². The van der Waals surface area contributed by atoms with Crippen LogP contribution < -0.4 is 4.90 Å². The molecule has 120 valence electrons. The van der Waals surface area contributed by atoms with Crippen LogP contribution in [0.15, 0.2) is 35.2 Å². The molecule has 3 heterocycles. The van der Waals surface area contributed by atoms with Crippen molar-refractivity contribution >= 4 is 38.4 Å². The smallest absolute Gasteiger partial charge is 0.0797 e. The maximum absolute atomic E-state index is 4.35. The maximum atomic E-state index is 4.35. The molecule has 0 atom stereocenters. The largest absolute Gasteiger partial charge is 0.368 e. The van der Waals surface area contributed by atoms with Crippen LogP contribution in [0.5, 0.6) is 0 Å². The number of benzene rings is 1. The molecule has 0 unspecified atom stereocenters. The zero-order valence-electron chi connectivity index (χ0n) is 13.4. The standard InChI is InChI=1S/C18H21N3S2/c1-14-17(23-13-19-14)5-7-20-8-10-21(11-9-20)16-3-2-4-18-15(16)6-12-22-18/h2-4,6,12-13H,5,7-11H2,1H3. The highest BCUT2D eigenvalue weighted by molar-refractivity contribution is 7.17. The van der Waals surface area contributed by atoms with E-state index in [1.165, 1.54) is 26.3 Å². The number of hydrogen-bond donors (Lipinski definition) is 0. The van der Waals surface area contributed by atoms with Crippen molar-refractivity contribution in [1.29, 1.82) is 0 Å². The lowest BCUT2D eigenvalue weighted by Gasteiger charge is -2.36. The molecule has 2 aromatic heterocycles. The van der Waals surface area contributed by atoms with Crippen molar-refractivity contribution in [1.82, 2.24) is 9.88 Å². The fraction of sp³-hybridized carbons (Fsp3) is 0.389. The molecule has 0 N–H and O–H groups in total. The van der Waals surface area contributed by atoms with E-state index < -0.39 is 0 Å². The Labute approximate surface area is 145 Å². The Morgan fingerprint density at radius 1 is 1.09 bits per heavy atom. The highest BCUT2D eigenvalue weighted by Gasteiger charge is 2.19. The van der Waals surface area contributed by atoms with Crippen LogP contribution in [-0.4, -0.2) is 42.6 Å². The topological polar surface area (TPSA) is 19.4 Å². The molecule has 1 aliphatic rings. The van der Waals surface area contributed by atoms with Gasteiger partial charge in [-0.3, -0.25) is 4.90 Å². The summed E-state index contributed by atoms with van der Waals surface area (Å²) in [4.78, 5) is 10.9. The van der Waals surface area contributed by atoms with Gasteiger partial charge in [-0.25, -0.2) is 4.98 Å². The Bertz CT molecular complexity index is 784. The van der Waals surface area contributed by atoms with E-state index in [0.29, 0.717) is 0 Å². The van der Waals surface area contributed by atoms with Crippen LogP contribution in [0.3, 0.4) is 0 Å². The molecular formula is C18H21N3S2. The lowest BCUT2D eigenvalue weighted by atomic mass is 10.2. The molecule has 0 bridgehead atoms. The summed E-state index contributed by atoms with van der Waals surface area (Å²) in [7, 11) is 0. The first-order valence-electron chi connectivity index (χ1n) is 8.14. The van der Waals surface area contributed by atoms with Gasteiger partial charge in [-0.05, 0) is 36.9 Å². The molecule has 0 radical (unpaired) electrons. The molecule has 0 saturated carbocycles. The molecule has 1 aromatic carbocycles. The van der Waals surface area contributed by atoms with Crippen LogP contribution in [-0.2, 0) is 6.42 Å². The Morgan fingerprint density at radius 2 is 1.96 bits per heavy atom. The minimum atomic E-state index is 1.12. The summed E-state index contributed by atoms with van der Waals surface area (Å²) in [6.07, 6.45) is 1.14. The van der Waals surface area contributed by atoms with Crippen LogP contribution in [0, 0.1) is 6.92 Å². The van der Waals surface area contributed by atoms with E-state index in [4.69, 9.17) is 0 Å². The predicted octanol–water partition coefficient (Wildman–Crippen LogP) is 4.03. The molecule has 1 fully saturated rings. The fourth-order valence-electron chi connectivity index (χ4n) is 3.29. The first-order chi connectivity index (χ1) is 11.3. The van der Waals surface area contributed by atoms with Gasteiger partial charge >= 0.3 is 0 Å². The third kappa shape index (κ3) is 3.13. The van der Waals surface area contributed by atoms with Gasteiger partial charge in [0, 0.05) is 53.4 Å². The van der Waals surface area contributed by atoms with Gasteiger partial charge in [-0.2, -0.15) is 0 Å². The lowest BCUT2D eigenvalue weighted by molar-refractivity contribution is 0.261. The molecule has 23 heavy (non-hydrogen) atoms. The SMILES string of the molecule is Cc1ncsc1CCN1CCN(c2cccc3sccc23)CC1. The zero-order valence-corrected chi connectivity index (χ0v) is 15.0. The van der Waals surface area contributed by atoms with E-state index in [9.17, 15) is 0 Å². The van der Waals surface area contributed by atoms with Crippen LogP contribution in [0.1, 0.15) is 10.6 Å². The Hall–Kier alpha value is -1.43. The average molecular weight is 344 g/mol. The summed E-state index contributed by atoms with van der Waals surface area (Å²) in [6, 6.07) is 8.93. The van der Waals surface area contributed by atoms with Crippen molar-refractivity contribution < 1.29 is 0 Å². The lowest BCUT2D eigenvalue weighted by Crippen LogP contribution is -2.47. The first-order valence-corrected chi connectivity index (χ1v) is 9.90. The summed E-state index contributed by atoms with van der Waals surface area (Å²) >= 11 is 3.62. The molecule has 1 saturated heterocycles. The number of aryl methyl sites for hydroxylation is 1. The van der Waals surface area contributed by atoms with E-state index in [2.05, 4.69) is 51.4 Å². The van der Waals surface area contributed by atoms with Crippen LogP contribution in [0.2, 0.25) is 0 Å².